The van der Waals surface area contributed by atoms with Gasteiger partial charge in [0.15, 0.2) is 5.54 Å². The van der Waals surface area contributed by atoms with Gasteiger partial charge in [-0.1, -0.05) is 35.3 Å². The van der Waals surface area contributed by atoms with Crippen molar-refractivity contribution in [2.45, 2.75) is 12.0 Å². The normalized spacial score (nSPS) is 16.6. The van der Waals surface area contributed by atoms with Gasteiger partial charge in [-0.15, -0.1) is 0 Å². The smallest absolute Gasteiger partial charge is 0.256 e. The summed E-state index contributed by atoms with van der Waals surface area (Å²) in [4.78, 5) is 28.4. The van der Waals surface area contributed by atoms with E-state index in [9.17, 15) is 14.0 Å². The fraction of sp³-hybridized carbons (Fsp3) is 0.231. The molecule has 1 heterocycles. The van der Waals surface area contributed by atoms with Gasteiger partial charge in [0.2, 0.25) is 5.91 Å². The largest absolute Gasteiger partial charge is 0.495 e. The van der Waals surface area contributed by atoms with Crippen LogP contribution in [0.2, 0.25) is 10.0 Å². The first kappa shape index (κ1) is 26.4. The third-order valence-electron chi connectivity index (χ3n) is 6.15. The Kier molecular flexibility index (Phi) is 7.38. The number of nitrogens with one attached hydrogen (secondary N) is 1. The molecule has 8 nitrogen and oxygen atoms in total. The predicted molar refractivity (Wildman–Crippen MR) is 138 cm³/mol. The lowest BCUT2D eigenvalue weighted by Gasteiger charge is -2.51. The molecule has 194 valence electrons. The van der Waals surface area contributed by atoms with Gasteiger partial charge < -0.3 is 24.3 Å². The molecule has 1 atom stereocenters. The van der Waals surface area contributed by atoms with E-state index in [2.05, 4.69) is 5.32 Å². The number of nitrogens with zero attached hydrogens (tertiary/aromatic N) is 1. The summed E-state index contributed by atoms with van der Waals surface area (Å²) in [7, 11) is 5.74. The molecule has 11 heteroatoms. The van der Waals surface area contributed by atoms with Crippen molar-refractivity contribution in [2.75, 3.05) is 38.7 Å². The Bertz CT molecular complexity index is 1370. The number of rotatable bonds is 8. The van der Waals surface area contributed by atoms with E-state index in [4.69, 9.17) is 42.1 Å². The zero-order valence-electron chi connectivity index (χ0n) is 20.4. The van der Waals surface area contributed by atoms with Crippen LogP contribution in [0.5, 0.6) is 23.0 Å². The number of methoxy groups -OCH3 is 4. The van der Waals surface area contributed by atoms with Crippen molar-refractivity contribution < 1.29 is 32.9 Å². The molecule has 1 N–H and O–H groups in total. The molecule has 0 saturated carbocycles. The number of amides is 2. The lowest BCUT2D eigenvalue weighted by Crippen LogP contribution is -2.67. The fourth-order valence-electron chi connectivity index (χ4n) is 4.31. The van der Waals surface area contributed by atoms with Crippen LogP contribution in [0.4, 0.5) is 15.8 Å². The molecule has 1 unspecified atom stereocenters. The summed E-state index contributed by atoms with van der Waals surface area (Å²) in [6, 6.07) is 11.3. The van der Waals surface area contributed by atoms with Crippen molar-refractivity contribution >= 4 is 46.4 Å². The zero-order valence-corrected chi connectivity index (χ0v) is 21.9. The van der Waals surface area contributed by atoms with Crippen LogP contribution in [0.25, 0.3) is 0 Å². The number of hydrogen-bond donors (Lipinski definition) is 1. The molecule has 3 aromatic rings. The average molecular weight is 549 g/mol. The molecule has 1 aliphatic heterocycles. The maximum atomic E-state index is 14.0. The van der Waals surface area contributed by atoms with Gasteiger partial charge in [-0.25, -0.2) is 4.39 Å². The van der Waals surface area contributed by atoms with Crippen LogP contribution >= 0.6 is 23.2 Å². The highest BCUT2D eigenvalue weighted by Gasteiger charge is 2.59. The molecule has 0 radical (unpaired) electrons. The third kappa shape index (κ3) is 4.49. The topological polar surface area (TPSA) is 86.3 Å². The van der Waals surface area contributed by atoms with E-state index in [0.29, 0.717) is 17.1 Å². The molecule has 2 amide bonds. The van der Waals surface area contributed by atoms with Crippen molar-refractivity contribution in [3.05, 3.63) is 70.0 Å². The van der Waals surface area contributed by atoms with Crippen LogP contribution in [-0.4, -0.2) is 40.3 Å². The molecular weight excluding hydrogens is 526 g/mol. The molecule has 0 aliphatic carbocycles. The number of carbonyl (C=O) groups is 2. The Morgan fingerprint density at radius 1 is 0.865 bits per heavy atom. The second kappa shape index (κ2) is 10.4. The van der Waals surface area contributed by atoms with Gasteiger partial charge in [-0.3, -0.25) is 14.5 Å². The van der Waals surface area contributed by atoms with E-state index in [0.717, 1.165) is 0 Å². The SMILES string of the molecule is COc1cc(OC)c(NC(=O)C2(c3ccc(F)cc3)CC(=O)N2c2cc(Cl)c(OC)cc2OC)cc1Cl. The number of β-lactam (4-membered cyclic amide) rings is 1. The van der Waals surface area contributed by atoms with E-state index < -0.39 is 17.3 Å². The summed E-state index contributed by atoms with van der Waals surface area (Å²) in [5, 5.41) is 3.25. The first-order valence-electron chi connectivity index (χ1n) is 10.9. The minimum Gasteiger partial charge on any atom is -0.495 e. The van der Waals surface area contributed by atoms with Crippen molar-refractivity contribution in [2.24, 2.45) is 0 Å². The molecule has 0 aromatic heterocycles. The molecule has 37 heavy (non-hydrogen) atoms. The minimum atomic E-state index is -1.58. The first-order chi connectivity index (χ1) is 17.7. The Balaban J connectivity index is 1.87. The fourth-order valence-corrected chi connectivity index (χ4v) is 4.79. The van der Waals surface area contributed by atoms with Gasteiger partial charge in [0.25, 0.3) is 5.91 Å². The monoisotopic (exact) mass is 548 g/mol. The highest BCUT2D eigenvalue weighted by molar-refractivity contribution is 6.33. The second-order valence-electron chi connectivity index (χ2n) is 8.07. The van der Waals surface area contributed by atoms with E-state index in [1.165, 1.54) is 81.9 Å². The quantitative estimate of drug-likeness (QED) is 0.377. The van der Waals surface area contributed by atoms with Gasteiger partial charge in [-0.05, 0) is 29.8 Å². The lowest BCUT2D eigenvalue weighted by atomic mass is 9.76. The summed E-state index contributed by atoms with van der Waals surface area (Å²) in [5.74, 6) is -0.256. The standard InChI is InChI=1S/C26H23Cl2FN2O6/c1-34-20-11-22(36-3)18(9-16(20)27)30-25(33)26(14-5-7-15(29)8-6-14)13-24(32)31(26)19-10-17(28)21(35-2)12-23(19)37-4/h5-12H,13H2,1-4H3,(H,30,33). The Hall–Kier alpha value is -3.69. The van der Waals surface area contributed by atoms with E-state index in [1.807, 2.05) is 0 Å². The predicted octanol–water partition coefficient (Wildman–Crippen LogP) is 5.44. The molecule has 1 saturated heterocycles. The van der Waals surface area contributed by atoms with Gasteiger partial charge >= 0.3 is 0 Å². The molecule has 0 spiro atoms. The summed E-state index contributed by atoms with van der Waals surface area (Å²) in [5.41, 5.74) is -0.714. The summed E-state index contributed by atoms with van der Waals surface area (Å²) < 4.78 is 35.2. The number of carbonyl (C=O) groups excluding carboxylic acids is 2. The van der Waals surface area contributed by atoms with Crippen LogP contribution < -0.4 is 29.2 Å². The van der Waals surface area contributed by atoms with Crippen LogP contribution in [0, 0.1) is 5.82 Å². The maximum Gasteiger partial charge on any atom is 0.256 e. The van der Waals surface area contributed by atoms with Gasteiger partial charge in [-0.2, -0.15) is 0 Å². The maximum absolute atomic E-state index is 14.0. The molecule has 0 bridgehead atoms. The number of benzene rings is 3. The summed E-state index contributed by atoms with van der Waals surface area (Å²) in [6.07, 6.45) is -0.205. The lowest BCUT2D eigenvalue weighted by molar-refractivity contribution is -0.137. The molecule has 4 rings (SSSR count). The molecule has 3 aromatic carbocycles. The highest BCUT2D eigenvalue weighted by atomic mass is 35.5. The summed E-state index contributed by atoms with van der Waals surface area (Å²) in [6.45, 7) is 0. The minimum absolute atomic E-state index is 0.204. The zero-order chi connectivity index (χ0) is 26.9. The van der Waals surface area contributed by atoms with Crippen LogP contribution in [-0.2, 0) is 15.1 Å². The van der Waals surface area contributed by atoms with Crippen molar-refractivity contribution in [3.8, 4) is 23.0 Å². The van der Waals surface area contributed by atoms with Gasteiger partial charge in [0.1, 0.15) is 28.8 Å². The number of anilines is 2. The Labute approximate surface area is 222 Å². The van der Waals surface area contributed by atoms with Crippen LogP contribution in [0.3, 0.4) is 0 Å². The number of ether oxygens (including phenoxy) is 4. The Morgan fingerprint density at radius 3 is 1.95 bits per heavy atom. The second-order valence-corrected chi connectivity index (χ2v) is 8.89. The number of hydrogen-bond acceptors (Lipinski definition) is 6. The van der Waals surface area contributed by atoms with Gasteiger partial charge in [0.05, 0.1) is 56.3 Å². The molecule has 1 aliphatic rings. The van der Waals surface area contributed by atoms with Crippen molar-refractivity contribution in [3.63, 3.8) is 0 Å². The van der Waals surface area contributed by atoms with Gasteiger partial charge in [0, 0.05) is 12.1 Å². The van der Waals surface area contributed by atoms with E-state index in [-0.39, 0.29) is 45.2 Å². The van der Waals surface area contributed by atoms with Crippen molar-refractivity contribution in [1.82, 2.24) is 0 Å². The van der Waals surface area contributed by atoms with Crippen molar-refractivity contribution in [1.29, 1.82) is 0 Å². The number of halogens is 3. The Morgan fingerprint density at radius 2 is 1.41 bits per heavy atom. The van der Waals surface area contributed by atoms with Crippen LogP contribution in [0.15, 0.2) is 48.5 Å². The molecule has 1 fully saturated rings. The average Bonchev–Trinajstić information content (AvgIpc) is 2.88. The highest BCUT2D eigenvalue weighted by Crippen LogP contribution is 2.51. The van der Waals surface area contributed by atoms with Crippen LogP contribution in [0.1, 0.15) is 12.0 Å². The van der Waals surface area contributed by atoms with E-state index in [1.54, 1.807) is 0 Å². The third-order valence-corrected chi connectivity index (χ3v) is 6.74. The van der Waals surface area contributed by atoms with E-state index >= 15 is 0 Å². The first-order valence-corrected chi connectivity index (χ1v) is 11.7. The summed E-state index contributed by atoms with van der Waals surface area (Å²) >= 11 is 12.7. The molecular formula is C26H23Cl2FN2O6.